The van der Waals surface area contributed by atoms with E-state index >= 15 is 4.79 Å². The molecule has 11 atom stereocenters. The van der Waals surface area contributed by atoms with Crippen LogP contribution in [0.3, 0.4) is 0 Å². The van der Waals surface area contributed by atoms with Crippen molar-refractivity contribution in [3.63, 3.8) is 0 Å². The van der Waals surface area contributed by atoms with Gasteiger partial charge in [-0.1, -0.05) is 81.5 Å². The van der Waals surface area contributed by atoms with E-state index in [9.17, 15) is 4.79 Å². The zero-order valence-electron chi connectivity index (χ0n) is 33.2. The van der Waals surface area contributed by atoms with E-state index in [4.69, 9.17) is 15.2 Å². The Labute approximate surface area is 327 Å². The van der Waals surface area contributed by atoms with Crippen LogP contribution in [0.25, 0.3) is 0 Å². The molecule has 2 spiro atoms. The number of aryl methyl sites for hydroxylation is 1. The Hall–Kier alpha value is -3.16. The number of hydrogen-bond donors (Lipinski definition) is 1. The monoisotopic (exact) mass is 743 g/mol. The number of benzene rings is 1. The maximum atomic E-state index is 15.2. The molecule has 2 N–H and O–H groups in total. The molecule has 13 aliphatic rings. The maximum absolute atomic E-state index is 15.2. The number of carbonyl (C=O) groups is 2. The predicted octanol–water partition coefficient (Wildman–Crippen LogP) is 8.35. The Morgan fingerprint density at radius 1 is 1.04 bits per heavy atom. The average Bonchev–Trinajstić information content (AvgIpc) is 3.63. The van der Waals surface area contributed by atoms with Crippen LogP contribution in [0.15, 0.2) is 65.1 Å². The minimum Gasteiger partial charge on any atom is -0.449 e. The van der Waals surface area contributed by atoms with E-state index < -0.39 is 16.4 Å². The summed E-state index contributed by atoms with van der Waals surface area (Å²) in [5, 5.41) is 0. The summed E-state index contributed by atoms with van der Waals surface area (Å²) in [6.45, 7) is 8.68. The number of ether oxygens (including phenoxy) is 2. The average molecular weight is 744 g/mol. The molecule has 0 amide bonds. The standard InChI is InChI=1S/C48H61N3O4/c1-3-9-40-46-25-34-19-20-47(46,48(40)37-14-7-12-32(13-8-21-49)42(37)44(52)55-48)41(54-45(46)53)18-17-38(31-10-5-4-6-11-31)50-26-30-24-35(28-50)39-16-15-33-22-29(2)23-36(34)43(33)51(39)27-30/h7,12,14-16,18,25,29-31,35-36,38-40H,3-6,8-11,13,17,19-24,26-28,49H2,1-2H3. The van der Waals surface area contributed by atoms with E-state index in [1.165, 1.54) is 49.7 Å². The van der Waals surface area contributed by atoms with Gasteiger partial charge in [0, 0.05) is 48.8 Å². The van der Waals surface area contributed by atoms with Crippen molar-refractivity contribution in [1.82, 2.24) is 9.80 Å². The largest absolute Gasteiger partial charge is 0.449 e. The second-order valence-corrected chi connectivity index (χ2v) is 19.7. The van der Waals surface area contributed by atoms with Crippen LogP contribution in [0.4, 0.5) is 0 Å². The van der Waals surface area contributed by atoms with Gasteiger partial charge in [-0.3, -0.25) is 9.69 Å². The summed E-state index contributed by atoms with van der Waals surface area (Å²) >= 11 is 0. The van der Waals surface area contributed by atoms with E-state index in [0.29, 0.717) is 48.2 Å². The number of allylic oxidation sites excluding steroid dienone is 3. The summed E-state index contributed by atoms with van der Waals surface area (Å²) in [4.78, 5) is 35.5. The minimum atomic E-state index is -0.938. The van der Waals surface area contributed by atoms with Crippen molar-refractivity contribution in [2.75, 3.05) is 26.2 Å². The molecule has 0 aromatic heterocycles. The van der Waals surface area contributed by atoms with Crippen molar-refractivity contribution < 1.29 is 19.1 Å². The Balaban J connectivity index is 1.14. The first-order valence-electron chi connectivity index (χ1n) is 22.5. The first-order valence-corrected chi connectivity index (χ1v) is 22.5. The molecule has 2 saturated carbocycles. The summed E-state index contributed by atoms with van der Waals surface area (Å²) in [7, 11) is 0. The molecule has 4 aliphatic carbocycles. The fraction of sp³-hybridized carbons (Fsp3) is 0.667. The number of nitrogens with zero attached hydrogens (tertiary/aromatic N) is 2. The van der Waals surface area contributed by atoms with Gasteiger partial charge in [0.25, 0.3) is 0 Å². The lowest BCUT2D eigenvalue weighted by molar-refractivity contribution is -0.271. The first kappa shape index (κ1) is 35.0. The third-order valence-electron chi connectivity index (χ3n) is 17.0. The molecule has 9 aliphatic heterocycles. The van der Waals surface area contributed by atoms with E-state index in [1.54, 1.807) is 5.70 Å². The Morgan fingerprint density at radius 2 is 1.91 bits per heavy atom. The molecule has 9 heterocycles. The van der Waals surface area contributed by atoms with Crippen molar-refractivity contribution >= 4 is 11.9 Å². The van der Waals surface area contributed by atoms with E-state index in [0.717, 1.165) is 99.9 Å². The van der Waals surface area contributed by atoms with Crippen molar-refractivity contribution in [3.8, 4) is 0 Å². The fourth-order valence-corrected chi connectivity index (χ4v) is 15.2. The zero-order valence-corrected chi connectivity index (χ0v) is 33.2. The SMILES string of the molecule is CCCC1C23C=C4CCC2(C(=CCC(C2CCCCC2)N2CC5CC(C2)C2C=CC6=C(C4CC(C)C6)N2C5)OC3=O)C12OC(=O)c1c(CCCN)cccc12. The number of rotatable bonds is 6. The highest BCUT2D eigenvalue weighted by atomic mass is 16.6. The van der Waals surface area contributed by atoms with Gasteiger partial charge >= 0.3 is 11.9 Å². The summed E-state index contributed by atoms with van der Waals surface area (Å²) in [6, 6.07) is 7.23. The van der Waals surface area contributed by atoms with Gasteiger partial charge in [-0.2, -0.15) is 0 Å². The van der Waals surface area contributed by atoms with Gasteiger partial charge in [0.1, 0.15) is 11.2 Å². The molecule has 1 aromatic rings. The third kappa shape index (κ3) is 4.52. The van der Waals surface area contributed by atoms with Gasteiger partial charge < -0.3 is 20.1 Å². The highest BCUT2D eigenvalue weighted by Gasteiger charge is 2.91. The van der Waals surface area contributed by atoms with Gasteiger partial charge in [-0.05, 0) is 118 Å². The van der Waals surface area contributed by atoms with Crippen LogP contribution in [-0.2, 0) is 26.3 Å². The van der Waals surface area contributed by atoms with Crippen LogP contribution in [0.1, 0.15) is 125 Å². The van der Waals surface area contributed by atoms with Crippen molar-refractivity contribution in [3.05, 3.63) is 81.8 Å². The minimum absolute atomic E-state index is 0.105. The molecule has 11 unspecified atom stereocenters. The molecule has 55 heavy (non-hydrogen) atoms. The summed E-state index contributed by atoms with van der Waals surface area (Å²) in [5.74, 6) is 3.11. The summed E-state index contributed by atoms with van der Waals surface area (Å²) in [6.07, 6.45) is 25.9. The Kier molecular flexibility index (Phi) is 8.07. The Bertz CT molecular complexity index is 1940. The lowest BCUT2D eigenvalue weighted by Gasteiger charge is -2.69. The molecule has 3 saturated heterocycles. The van der Waals surface area contributed by atoms with E-state index in [-0.39, 0.29) is 17.9 Å². The van der Waals surface area contributed by atoms with Gasteiger partial charge in [-0.15, -0.1) is 0 Å². The smallest absolute Gasteiger partial charge is 0.339 e. The summed E-state index contributed by atoms with van der Waals surface area (Å²) < 4.78 is 13.9. The molecule has 14 rings (SSSR count). The quantitative estimate of drug-likeness (QED) is 0.232. The topological polar surface area (TPSA) is 85.1 Å². The van der Waals surface area contributed by atoms with Crippen LogP contribution in [0.5, 0.6) is 0 Å². The molecule has 10 bridgehead atoms. The molecular formula is C48H61N3O4. The number of piperidine rings is 2. The van der Waals surface area contributed by atoms with E-state index in [1.807, 2.05) is 0 Å². The molecule has 5 fully saturated rings. The first-order chi connectivity index (χ1) is 26.8. The predicted molar refractivity (Wildman–Crippen MR) is 212 cm³/mol. The van der Waals surface area contributed by atoms with Gasteiger partial charge in [0.15, 0.2) is 5.60 Å². The summed E-state index contributed by atoms with van der Waals surface area (Å²) in [5.41, 5.74) is 10.7. The van der Waals surface area contributed by atoms with Gasteiger partial charge in [-0.25, -0.2) is 4.79 Å². The van der Waals surface area contributed by atoms with Crippen LogP contribution in [0, 0.1) is 46.3 Å². The fourth-order valence-electron chi connectivity index (χ4n) is 15.2. The second-order valence-electron chi connectivity index (χ2n) is 19.7. The molecule has 7 nitrogen and oxygen atoms in total. The van der Waals surface area contributed by atoms with Crippen LogP contribution >= 0.6 is 0 Å². The van der Waals surface area contributed by atoms with Gasteiger partial charge in [0.2, 0.25) is 0 Å². The lowest BCUT2D eigenvalue weighted by Crippen LogP contribution is -2.75. The number of hydrogen-bond acceptors (Lipinski definition) is 7. The van der Waals surface area contributed by atoms with Crippen molar-refractivity contribution in [1.29, 1.82) is 0 Å². The number of fused-ring (bicyclic) bond motifs is 2. The second kappa shape index (κ2) is 12.7. The molecule has 7 heteroatoms. The molecular weight excluding hydrogens is 683 g/mol. The van der Waals surface area contributed by atoms with Crippen molar-refractivity contribution in [2.45, 2.75) is 128 Å². The number of esters is 2. The van der Waals surface area contributed by atoms with Crippen molar-refractivity contribution in [2.24, 2.45) is 52.1 Å². The number of nitrogens with two attached hydrogens (primary N) is 1. The number of carbonyl (C=O) groups excluding carboxylic acids is 2. The maximum Gasteiger partial charge on any atom is 0.339 e. The molecule has 292 valence electrons. The molecule has 0 radical (unpaired) electrons. The Morgan fingerprint density at radius 3 is 2.75 bits per heavy atom. The van der Waals surface area contributed by atoms with E-state index in [2.05, 4.69) is 66.2 Å². The van der Waals surface area contributed by atoms with Crippen LogP contribution < -0.4 is 5.73 Å². The van der Waals surface area contributed by atoms with Crippen LogP contribution in [0.2, 0.25) is 0 Å². The highest BCUT2D eigenvalue weighted by Crippen LogP contribution is 2.84. The zero-order chi connectivity index (χ0) is 37.3. The highest BCUT2D eigenvalue weighted by molar-refractivity contribution is 5.99. The molecule has 1 aromatic carbocycles. The van der Waals surface area contributed by atoms with Crippen LogP contribution in [-0.4, -0.2) is 60.0 Å². The lowest BCUT2D eigenvalue weighted by atomic mass is 9.31. The third-order valence-corrected chi connectivity index (χ3v) is 17.0. The van der Waals surface area contributed by atoms with Gasteiger partial charge in [0.05, 0.1) is 17.0 Å². The normalized spacial score (nSPS) is 42.3.